The lowest BCUT2D eigenvalue weighted by Gasteiger charge is -2.06. The van der Waals surface area contributed by atoms with Crippen LogP contribution in [0.4, 0.5) is 0 Å². The van der Waals surface area contributed by atoms with Gasteiger partial charge in [-0.25, -0.2) is 4.79 Å². The number of benzene rings is 1. The Morgan fingerprint density at radius 1 is 1.67 bits per heavy atom. The van der Waals surface area contributed by atoms with E-state index in [0.717, 1.165) is 0 Å². The number of carbonyl (C=O) groups excluding carboxylic acids is 1. The Labute approximate surface area is 102 Å². The van der Waals surface area contributed by atoms with Crippen LogP contribution in [0.2, 0.25) is 0 Å². The van der Waals surface area contributed by atoms with Crippen LogP contribution in [-0.4, -0.2) is 12.6 Å². The van der Waals surface area contributed by atoms with E-state index in [1.54, 1.807) is 13.0 Å². The van der Waals surface area contributed by atoms with E-state index in [2.05, 4.69) is 28.6 Å². The highest BCUT2D eigenvalue weighted by molar-refractivity contribution is 9.10. The molecule has 0 fully saturated rings. The third-order valence-corrected chi connectivity index (χ3v) is 3.33. The summed E-state index contributed by atoms with van der Waals surface area (Å²) in [6.07, 6.45) is 0. The Morgan fingerprint density at radius 2 is 2.33 bits per heavy atom. The van der Waals surface area contributed by atoms with E-state index in [1.807, 2.05) is 6.07 Å². The van der Waals surface area contributed by atoms with E-state index in [9.17, 15) is 4.79 Å². The van der Waals surface area contributed by atoms with E-state index in [1.165, 1.54) is 6.07 Å². The summed E-state index contributed by atoms with van der Waals surface area (Å²) in [5.41, 5.74) is 0.791. The largest absolute Gasteiger partial charge is 0.462 e. The molecule has 15 heavy (non-hydrogen) atoms. The second-order valence-electron chi connectivity index (χ2n) is 2.66. The lowest BCUT2D eigenvalue weighted by atomic mass is 10.1. The second-order valence-corrected chi connectivity index (χ2v) is 3.90. The van der Waals surface area contributed by atoms with Crippen molar-refractivity contribution < 1.29 is 9.53 Å². The Bertz CT molecular complexity index is 440. The molecule has 0 aliphatic heterocycles. The minimum Gasteiger partial charge on any atom is -0.462 e. The molecule has 0 bridgehead atoms. The Balaban J connectivity index is 3.19. The van der Waals surface area contributed by atoms with Gasteiger partial charge in [-0.1, -0.05) is 0 Å². The fraction of sp³-hybridized carbons (Fsp3) is 0.200. The van der Waals surface area contributed by atoms with Crippen molar-refractivity contribution in [2.24, 2.45) is 0 Å². The summed E-state index contributed by atoms with van der Waals surface area (Å²) in [6.45, 7) is 2.04. The van der Waals surface area contributed by atoms with Gasteiger partial charge in [0.2, 0.25) is 0 Å². The predicted molar refractivity (Wildman–Crippen MR) is 62.1 cm³/mol. The minimum atomic E-state index is -0.437. The van der Waals surface area contributed by atoms with E-state index >= 15 is 0 Å². The molecule has 0 saturated carbocycles. The summed E-state index contributed by atoms with van der Waals surface area (Å²) in [5.74, 6) is -0.437. The van der Waals surface area contributed by atoms with Crippen LogP contribution in [0.1, 0.15) is 22.8 Å². The molecule has 0 aliphatic carbocycles. The van der Waals surface area contributed by atoms with Crippen LogP contribution in [0.3, 0.4) is 0 Å². The SMILES string of the molecule is CCOC(=O)c1ccc(C#N)c(Br)c1S. The highest BCUT2D eigenvalue weighted by Crippen LogP contribution is 2.28. The molecular weight excluding hydrogens is 278 g/mol. The first kappa shape index (κ1) is 12.1. The summed E-state index contributed by atoms with van der Waals surface area (Å²) in [6, 6.07) is 5.07. The Kier molecular flexibility index (Phi) is 4.18. The first-order valence-electron chi connectivity index (χ1n) is 4.20. The average molecular weight is 286 g/mol. The molecule has 5 heteroatoms. The van der Waals surface area contributed by atoms with Crippen molar-refractivity contribution in [1.29, 1.82) is 5.26 Å². The lowest BCUT2D eigenvalue weighted by molar-refractivity contribution is 0.0522. The molecule has 0 N–H and O–H groups in total. The number of carbonyl (C=O) groups is 1. The van der Waals surface area contributed by atoms with Gasteiger partial charge in [-0.05, 0) is 35.0 Å². The van der Waals surface area contributed by atoms with E-state index in [4.69, 9.17) is 10.00 Å². The monoisotopic (exact) mass is 285 g/mol. The summed E-state index contributed by atoms with van der Waals surface area (Å²) in [7, 11) is 0. The smallest absolute Gasteiger partial charge is 0.339 e. The van der Waals surface area contributed by atoms with E-state index in [0.29, 0.717) is 27.1 Å². The highest BCUT2D eigenvalue weighted by Gasteiger charge is 2.14. The van der Waals surface area contributed by atoms with Crippen molar-refractivity contribution in [3.63, 3.8) is 0 Å². The molecule has 0 heterocycles. The number of nitriles is 1. The van der Waals surface area contributed by atoms with Crippen molar-refractivity contribution in [2.75, 3.05) is 6.61 Å². The fourth-order valence-electron chi connectivity index (χ4n) is 1.02. The molecule has 0 aliphatic rings. The van der Waals surface area contributed by atoms with Crippen LogP contribution < -0.4 is 0 Å². The molecule has 0 aromatic heterocycles. The van der Waals surface area contributed by atoms with Crippen LogP contribution in [0, 0.1) is 11.3 Å². The van der Waals surface area contributed by atoms with Gasteiger partial charge in [0.1, 0.15) is 6.07 Å². The molecular formula is C10H8BrNO2S. The standard InChI is InChI=1S/C10H8BrNO2S/c1-2-14-10(13)7-4-3-6(5-12)8(11)9(7)15/h3-4,15H,2H2,1H3. The zero-order valence-electron chi connectivity index (χ0n) is 7.95. The van der Waals surface area contributed by atoms with Gasteiger partial charge in [-0.3, -0.25) is 0 Å². The van der Waals surface area contributed by atoms with Crippen molar-refractivity contribution in [2.45, 2.75) is 11.8 Å². The number of ether oxygens (including phenoxy) is 1. The Hall–Kier alpha value is -0.990. The molecule has 1 aromatic rings. The van der Waals surface area contributed by atoms with Crippen LogP contribution in [0.15, 0.2) is 21.5 Å². The quantitative estimate of drug-likeness (QED) is 0.672. The third kappa shape index (κ3) is 2.52. The molecule has 0 unspecified atom stereocenters. The maximum atomic E-state index is 11.4. The number of halogens is 1. The molecule has 0 atom stereocenters. The van der Waals surface area contributed by atoms with Gasteiger partial charge < -0.3 is 4.74 Å². The number of rotatable bonds is 2. The molecule has 0 spiro atoms. The molecule has 0 radical (unpaired) electrons. The van der Waals surface area contributed by atoms with Crippen molar-refractivity contribution in [1.82, 2.24) is 0 Å². The van der Waals surface area contributed by atoms with Crippen LogP contribution in [0.5, 0.6) is 0 Å². The molecule has 78 valence electrons. The maximum absolute atomic E-state index is 11.4. The Morgan fingerprint density at radius 3 is 2.87 bits per heavy atom. The minimum absolute atomic E-state index is 0.309. The molecule has 1 aromatic carbocycles. The fourth-order valence-corrected chi connectivity index (χ4v) is 1.75. The zero-order chi connectivity index (χ0) is 11.4. The van der Waals surface area contributed by atoms with Crippen LogP contribution in [-0.2, 0) is 4.74 Å². The molecule has 1 rings (SSSR count). The van der Waals surface area contributed by atoms with Gasteiger partial charge in [0.25, 0.3) is 0 Å². The number of nitrogens with zero attached hydrogens (tertiary/aromatic N) is 1. The molecule has 3 nitrogen and oxygen atoms in total. The summed E-state index contributed by atoms with van der Waals surface area (Å²) >= 11 is 7.37. The average Bonchev–Trinajstić information content (AvgIpc) is 2.22. The van der Waals surface area contributed by atoms with E-state index in [-0.39, 0.29) is 0 Å². The summed E-state index contributed by atoms with van der Waals surface area (Å²) in [4.78, 5) is 11.9. The lowest BCUT2D eigenvalue weighted by Crippen LogP contribution is -2.06. The normalized spacial score (nSPS) is 9.47. The topological polar surface area (TPSA) is 50.1 Å². The van der Waals surface area contributed by atoms with Crippen LogP contribution in [0.25, 0.3) is 0 Å². The first-order chi connectivity index (χ1) is 7.11. The summed E-state index contributed by atoms with van der Waals surface area (Å²) < 4.78 is 5.36. The van der Waals surface area contributed by atoms with Crippen molar-refractivity contribution >= 4 is 34.5 Å². The molecule has 0 saturated heterocycles. The van der Waals surface area contributed by atoms with Crippen molar-refractivity contribution in [3.8, 4) is 6.07 Å². The van der Waals surface area contributed by atoms with Crippen molar-refractivity contribution in [3.05, 3.63) is 27.7 Å². The van der Waals surface area contributed by atoms with Gasteiger partial charge in [0.05, 0.1) is 17.7 Å². The zero-order valence-corrected chi connectivity index (χ0v) is 10.4. The number of hydrogen-bond donors (Lipinski definition) is 1. The van der Waals surface area contributed by atoms with Gasteiger partial charge in [-0.2, -0.15) is 5.26 Å². The molecule has 0 amide bonds. The van der Waals surface area contributed by atoms with Gasteiger partial charge in [0.15, 0.2) is 0 Å². The van der Waals surface area contributed by atoms with Gasteiger partial charge in [0, 0.05) is 9.37 Å². The third-order valence-electron chi connectivity index (χ3n) is 1.73. The van der Waals surface area contributed by atoms with Crippen LogP contribution >= 0.6 is 28.6 Å². The second kappa shape index (κ2) is 5.19. The van der Waals surface area contributed by atoms with Gasteiger partial charge >= 0.3 is 5.97 Å². The predicted octanol–water partition coefficient (Wildman–Crippen LogP) is 2.79. The maximum Gasteiger partial charge on any atom is 0.339 e. The summed E-state index contributed by atoms with van der Waals surface area (Å²) in [5, 5.41) is 8.75. The highest BCUT2D eigenvalue weighted by atomic mass is 79.9. The van der Waals surface area contributed by atoms with E-state index < -0.39 is 5.97 Å². The number of esters is 1. The number of hydrogen-bond acceptors (Lipinski definition) is 4. The number of thiol groups is 1. The van der Waals surface area contributed by atoms with Gasteiger partial charge in [-0.15, -0.1) is 12.6 Å². The first-order valence-corrected chi connectivity index (χ1v) is 5.44.